The second-order valence-corrected chi connectivity index (χ2v) is 6.50. The van der Waals surface area contributed by atoms with Crippen molar-refractivity contribution in [2.45, 2.75) is 0 Å². The second-order valence-electron chi connectivity index (χ2n) is 5.62. The van der Waals surface area contributed by atoms with E-state index < -0.39 is 11.5 Å². The van der Waals surface area contributed by atoms with Crippen LogP contribution in [0.25, 0.3) is 4.96 Å². The minimum absolute atomic E-state index is 0.0507. The van der Waals surface area contributed by atoms with Crippen LogP contribution in [0, 0.1) is 0 Å². The third-order valence-corrected chi connectivity index (χ3v) is 4.64. The van der Waals surface area contributed by atoms with Gasteiger partial charge < -0.3 is 14.8 Å². The fraction of sp³-hybridized carbons (Fsp3) is 0.0526. The lowest BCUT2D eigenvalue weighted by Gasteiger charge is -2.10. The maximum atomic E-state index is 12.4. The first-order chi connectivity index (χ1) is 13.7. The molecule has 1 amide bonds. The Labute approximate surface area is 163 Å². The van der Waals surface area contributed by atoms with E-state index in [-0.39, 0.29) is 5.56 Å². The van der Waals surface area contributed by atoms with Crippen molar-refractivity contribution in [2.24, 2.45) is 0 Å². The number of pyridine rings is 1. The third-order valence-electron chi connectivity index (χ3n) is 3.87. The van der Waals surface area contributed by atoms with Crippen LogP contribution in [0.4, 0.5) is 5.69 Å². The van der Waals surface area contributed by atoms with E-state index in [2.05, 4.69) is 15.3 Å². The average molecular weight is 394 g/mol. The Balaban J connectivity index is 1.50. The summed E-state index contributed by atoms with van der Waals surface area (Å²) in [5.74, 6) is 0.887. The number of hydrogen-bond donors (Lipinski definition) is 1. The predicted molar refractivity (Wildman–Crippen MR) is 105 cm³/mol. The Morgan fingerprint density at radius 2 is 1.93 bits per heavy atom. The van der Waals surface area contributed by atoms with Crippen molar-refractivity contribution in [3.8, 4) is 17.4 Å². The number of nitrogens with zero attached hydrogens (tertiary/aromatic N) is 3. The van der Waals surface area contributed by atoms with Gasteiger partial charge in [-0.3, -0.25) is 14.0 Å². The molecule has 140 valence electrons. The van der Waals surface area contributed by atoms with Crippen LogP contribution in [0.3, 0.4) is 0 Å². The second kappa shape index (κ2) is 7.49. The van der Waals surface area contributed by atoms with Crippen LogP contribution in [0.5, 0.6) is 17.4 Å². The number of amides is 1. The highest BCUT2D eigenvalue weighted by Gasteiger charge is 2.14. The highest BCUT2D eigenvalue weighted by atomic mass is 32.1. The number of hydrogen-bond acceptors (Lipinski definition) is 7. The van der Waals surface area contributed by atoms with Gasteiger partial charge in [0.15, 0.2) is 16.5 Å². The van der Waals surface area contributed by atoms with Crippen molar-refractivity contribution in [1.82, 2.24) is 14.4 Å². The Kier molecular flexibility index (Phi) is 4.73. The van der Waals surface area contributed by atoms with Crippen molar-refractivity contribution < 1.29 is 14.3 Å². The number of thiazole rings is 1. The van der Waals surface area contributed by atoms with E-state index in [1.807, 2.05) is 12.1 Å². The molecule has 4 rings (SSSR count). The molecule has 0 fully saturated rings. The maximum absolute atomic E-state index is 12.4. The molecule has 9 heteroatoms. The molecule has 0 atom stereocenters. The molecule has 0 saturated carbocycles. The summed E-state index contributed by atoms with van der Waals surface area (Å²) in [5.41, 5.74) is -0.0507. The summed E-state index contributed by atoms with van der Waals surface area (Å²) in [4.78, 5) is 33.6. The molecule has 0 unspecified atom stereocenters. The van der Waals surface area contributed by atoms with Crippen molar-refractivity contribution in [3.05, 3.63) is 76.3 Å². The predicted octanol–water partition coefficient (Wildman–Crippen LogP) is 3.20. The molecule has 3 aromatic heterocycles. The van der Waals surface area contributed by atoms with E-state index in [0.717, 1.165) is 0 Å². The summed E-state index contributed by atoms with van der Waals surface area (Å²) in [6, 6.07) is 10.4. The smallest absolute Gasteiger partial charge is 0.271 e. The Morgan fingerprint density at radius 3 is 2.68 bits per heavy atom. The molecule has 0 aliphatic heterocycles. The molecule has 0 spiro atoms. The number of nitrogens with one attached hydrogen (secondary N) is 1. The summed E-state index contributed by atoms with van der Waals surface area (Å²) >= 11 is 1.32. The number of carbonyl (C=O) groups excluding carboxylic acids is 1. The van der Waals surface area contributed by atoms with E-state index in [0.29, 0.717) is 28.0 Å². The molecule has 4 aromatic rings. The Hall–Kier alpha value is -3.72. The highest BCUT2D eigenvalue weighted by molar-refractivity contribution is 7.15. The largest absolute Gasteiger partial charge is 0.493 e. The zero-order chi connectivity index (χ0) is 19.5. The van der Waals surface area contributed by atoms with Gasteiger partial charge in [0.1, 0.15) is 5.56 Å². The first-order valence-corrected chi connectivity index (χ1v) is 9.07. The number of anilines is 1. The zero-order valence-corrected chi connectivity index (χ0v) is 15.5. The molecule has 0 aliphatic rings. The molecular weight excluding hydrogens is 380 g/mol. The van der Waals surface area contributed by atoms with Gasteiger partial charge in [-0.2, -0.15) is 0 Å². The fourth-order valence-electron chi connectivity index (χ4n) is 2.51. The van der Waals surface area contributed by atoms with Crippen molar-refractivity contribution >= 4 is 27.9 Å². The van der Waals surface area contributed by atoms with E-state index in [9.17, 15) is 9.59 Å². The number of methoxy groups -OCH3 is 1. The molecule has 0 bridgehead atoms. The minimum Gasteiger partial charge on any atom is -0.493 e. The highest BCUT2D eigenvalue weighted by Crippen LogP contribution is 2.30. The van der Waals surface area contributed by atoms with Crippen molar-refractivity contribution in [2.75, 3.05) is 12.4 Å². The molecule has 0 radical (unpaired) electrons. The minimum atomic E-state index is -0.557. The van der Waals surface area contributed by atoms with Gasteiger partial charge in [-0.25, -0.2) is 9.97 Å². The van der Waals surface area contributed by atoms with Crippen LogP contribution >= 0.6 is 11.3 Å². The summed E-state index contributed by atoms with van der Waals surface area (Å²) in [6.45, 7) is 0. The number of aromatic nitrogens is 3. The van der Waals surface area contributed by atoms with E-state index in [4.69, 9.17) is 9.47 Å². The van der Waals surface area contributed by atoms with Crippen LogP contribution in [-0.2, 0) is 0 Å². The van der Waals surface area contributed by atoms with E-state index in [1.165, 1.54) is 28.1 Å². The van der Waals surface area contributed by atoms with Crippen LogP contribution in [-0.4, -0.2) is 27.4 Å². The number of rotatable bonds is 5. The summed E-state index contributed by atoms with van der Waals surface area (Å²) in [5, 5.41) is 4.37. The lowest BCUT2D eigenvalue weighted by molar-refractivity contribution is 0.102. The van der Waals surface area contributed by atoms with Crippen LogP contribution in [0.1, 0.15) is 10.4 Å². The quantitative estimate of drug-likeness (QED) is 0.559. The SMILES string of the molecule is COc1ccccc1Oc1ccc(NC(=O)c2cnc3sccn3c2=O)cn1. The van der Waals surface area contributed by atoms with Crippen LogP contribution < -0.4 is 20.3 Å². The number of benzene rings is 1. The molecule has 0 aliphatic carbocycles. The normalized spacial score (nSPS) is 10.6. The molecule has 8 nitrogen and oxygen atoms in total. The van der Waals surface area contributed by atoms with Gasteiger partial charge in [-0.1, -0.05) is 12.1 Å². The van der Waals surface area contributed by atoms with Crippen molar-refractivity contribution in [1.29, 1.82) is 0 Å². The summed E-state index contributed by atoms with van der Waals surface area (Å²) in [7, 11) is 1.55. The topological polar surface area (TPSA) is 94.8 Å². The maximum Gasteiger partial charge on any atom is 0.271 e. The molecule has 3 heterocycles. The lowest BCUT2D eigenvalue weighted by atomic mass is 10.3. The average Bonchev–Trinajstić information content (AvgIpc) is 3.20. The molecule has 1 aromatic carbocycles. The van der Waals surface area contributed by atoms with Gasteiger partial charge in [0.25, 0.3) is 11.5 Å². The van der Waals surface area contributed by atoms with E-state index in [1.54, 1.807) is 43.0 Å². The van der Waals surface area contributed by atoms with Gasteiger partial charge in [-0.05, 0) is 18.2 Å². The van der Waals surface area contributed by atoms with Crippen LogP contribution in [0.15, 0.2) is 65.2 Å². The fourth-order valence-corrected chi connectivity index (χ4v) is 3.18. The Bertz CT molecular complexity index is 1200. The first-order valence-electron chi connectivity index (χ1n) is 8.19. The summed E-state index contributed by atoms with van der Waals surface area (Å²) < 4.78 is 12.3. The molecule has 28 heavy (non-hydrogen) atoms. The third kappa shape index (κ3) is 3.42. The Morgan fingerprint density at radius 1 is 1.11 bits per heavy atom. The van der Waals surface area contributed by atoms with E-state index >= 15 is 0 Å². The zero-order valence-electron chi connectivity index (χ0n) is 14.7. The van der Waals surface area contributed by atoms with Gasteiger partial charge in [0, 0.05) is 23.8 Å². The van der Waals surface area contributed by atoms with Gasteiger partial charge in [0.05, 0.1) is 19.0 Å². The van der Waals surface area contributed by atoms with Gasteiger partial charge >= 0.3 is 0 Å². The number of carbonyl (C=O) groups is 1. The number of para-hydroxylation sites is 2. The molecule has 0 saturated heterocycles. The standard InChI is InChI=1S/C19H14N4O4S/c1-26-14-4-2-3-5-15(14)27-16-7-6-12(10-20-16)22-17(24)13-11-21-19-23(18(13)25)8-9-28-19/h2-11H,1H3,(H,22,24). The van der Waals surface area contributed by atoms with Gasteiger partial charge in [-0.15, -0.1) is 11.3 Å². The summed E-state index contributed by atoms with van der Waals surface area (Å²) in [6.07, 6.45) is 4.30. The molecular formula is C19H14N4O4S. The number of fused-ring (bicyclic) bond motifs is 1. The van der Waals surface area contributed by atoms with Crippen molar-refractivity contribution in [3.63, 3.8) is 0 Å². The van der Waals surface area contributed by atoms with Gasteiger partial charge in [0.2, 0.25) is 5.88 Å². The number of ether oxygens (including phenoxy) is 2. The molecule has 1 N–H and O–H groups in total. The first kappa shape index (κ1) is 17.7. The lowest BCUT2D eigenvalue weighted by Crippen LogP contribution is -2.25. The van der Waals surface area contributed by atoms with Crippen LogP contribution in [0.2, 0.25) is 0 Å². The monoisotopic (exact) mass is 394 g/mol.